The van der Waals surface area contributed by atoms with Gasteiger partial charge in [-0.3, -0.25) is 9.59 Å². The smallest absolute Gasteiger partial charge is 0.235 e. The fraction of sp³-hybridized carbons (Fsp3) is 0.333. The molecule has 2 rings (SSSR count). The minimum absolute atomic E-state index is 0.176. The third kappa shape index (κ3) is 4.63. The van der Waals surface area contributed by atoms with Gasteiger partial charge in [0.05, 0.1) is 13.2 Å². The van der Waals surface area contributed by atoms with Crippen LogP contribution in [0.1, 0.15) is 37.9 Å². The molecule has 2 amide bonds. The first-order valence-corrected chi connectivity index (χ1v) is 8.62. The summed E-state index contributed by atoms with van der Waals surface area (Å²) in [7, 11) is 1.59. The molecule has 1 unspecified atom stereocenters. The minimum atomic E-state index is -1.19. The van der Waals surface area contributed by atoms with Crippen LogP contribution in [0.25, 0.3) is 0 Å². The van der Waals surface area contributed by atoms with Gasteiger partial charge in [0.1, 0.15) is 11.2 Å². The second-order valence-electron chi connectivity index (χ2n) is 6.73. The lowest BCUT2D eigenvalue weighted by Gasteiger charge is -2.25. The molecular formula is C21H26N2O3. The molecule has 0 heterocycles. The Morgan fingerprint density at radius 1 is 1.00 bits per heavy atom. The largest absolute Gasteiger partial charge is 0.496 e. The van der Waals surface area contributed by atoms with Crippen LogP contribution < -0.4 is 15.4 Å². The van der Waals surface area contributed by atoms with E-state index in [0.29, 0.717) is 12.3 Å². The number of para-hydroxylation sites is 1. The highest BCUT2D eigenvalue weighted by molar-refractivity contribution is 6.04. The van der Waals surface area contributed by atoms with Crippen LogP contribution in [0.3, 0.4) is 0 Å². The Bertz CT molecular complexity index is 757. The van der Waals surface area contributed by atoms with Crippen LogP contribution >= 0.6 is 0 Å². The zero-order valence-corrected chi connectivity index (χ0v) is 15.7. The number of ether oxygens (including phenoxy) is 1. The van der Waals surface area contributed by atoms with Gasteiger partial charge in [0, 0.05) is 12.1 Å². The van der Waals surface area contributed by atoms with Crippen molar-refractivity contribution in [1.29, 1.82) is 0 Å². The molecule has 5 nitrogen and oxygen atoms in total. The Morgan fingerprint density at radius 2 is 1.62 bits per heavy atom. The van der Waals surface area contributed by atoms with Crippen LogP contribution in [0.5, 0.6) is 5.75 Å². The molecule has 0 saturated carbocycles. The van der Waals surface area contributed by atoms with Crippen LogP contribution in [-0.2, 0) is 16.1 Å². The Hall–Kier alpha value is -2.82. The van der Waals surface area contributed by atoms with Crippen molar-refractivity contribution in [3.8, 4) is 5.75 Å². The Kier molecular flexibility index (Phi) is 6.39. The average molecular weight is 354 g/mol. The van der Waals surface area contributed by atoms with Gasteiger partial charge in [-0.15, -0.1) is 0 Å². The van der Waals surface area contributed by atoms with Gasteiger partial charge in [-0.05, 0) is 32.4 Å². The lowest BCUT2D eigenvalue weighted by Crippen LogP contribution is -2.48. The number of carbonyl (C=O) groups excluding carboxylic acids is 2. The fourth-order valence-electron chi connectivity index (χ4n) is 2.55. The number of methoxy groups -OCH3 is 1. The van der Waals surface area contributed by atoms with E-state index in [9.17, 15) is 9.59 Å². The number of nitrogens with one attached hydrogen (secondary N) is 2. The zero-order chi connectivity index (χ0) is 19.2. The molecule has 0 aromatic heterocycles. The third-order valence-electron chi connectivity index (χ3n) is 4.41. The summed E-state index contributed by atoms with van der Waals surface area (Å²) in [6, 6.07) is 16.9. The summed E-state index contributed by atoms with van der Waals surface area (Å²) < 4.78 is 5.28. The highest BCUT2D eigenvalue weighted by atomic mass is 16.5. The number of hydrogen-bond acceptors (Lipinski definition) is 3. The molecule has 0 radical (unpaired) electrons. The standard InChI is InChI=1S/C21H26N2O3/c1-15(16-10-6-5-7-11-16)23-20(25)21(2,3)19(24)22-14-17-12-8-9-13-18(17)26-4/h5-13,15H,14H2,1-4H3,(H,22,24)(H,23,25). The SMILES string of the molecule is COc1ccccc1CNC(=O)C(C)(C)C(=O)NC(C)c1ccccc1. The first-order chi connectivity index (χ1) is 12.4. The summed E-state index contributed by atoms with van der Waals surface area (Å²) in [5.41, 5.74) is 0.661. The number of rotatable bonds is 7. The fourth-order valence-corrected chi connectivity index (χ4v) is 2.55. The average Bonchev–Trinajstić information content (AvgIpc) is 2.66. The van der Waals surface area contributed by atoms with Crippen molar-refractivity contribution in [2.75, 3.05) is 7.11 Å². The molecule has 0 spiro atoms. The molecule has 0 aliphatic heterocycles. The van der Waals surface area contributed by atoms with Crippen molar-refractivity contribution in [2.45, 2.75) is 33.4 Å². The quantitative estimate of drug-likeness (QED) is 0.750. The Labute approximate surface area is 154 Å². The lowest BCUT2D eigenvalue weighted by atomic mass is 9.90. The van der Waals surface area contributed by atoms with E-state index in [1.807, 2.05) is 61.5 Å². The summed E-state index contributed by atoms with van der Waals surface area (Å²) in [5, 5.41) is 5.74. The predicted octanol–water partition coefficient (Wildman–Crippen LogP) is 3.22. The van der Waals surface area contributed by atoms with E-state index in [4.69, 9.17) is 4.74 Å². The predicted molar refractivity (Wildman–Crippen MR) is 102 cm³/mol. The van der Waals surface area contributed by atoms with E-state index in [-0.39, 0.29) is 17.9 Å². The van der Waals surface area contributed by atoms with E-state index in [1.54, 1.807) is 21.0 Å². The van der Waals surface area contributed by atoms with Crippen LogP contribution in [0.4, 0.5) is 0 Å². The van der Waals surface area contributed by atoms with Gasteiger partial charge in [-0.2, -0.15) is 0 Å². The molecule has 0 fully saturated rings. The van der Waals surface area contributed by atoms with Gasteiger partial charge in [-0.1, -0.05) is 48.5 Å². The van der Waals surface area contributed by atoms with Crippen LogP contribution in [0, 0.1) is 5.41 Å². The number of carbonyl (C=O) groups is 2. The van der Waals surface area contributed by atoms with Crippen molar-refractivity contribution in [3.63, 3.8) is 0 Å². The van der Waals surface area contributed by atoms with E-state index >= 15 is 0 Å². The second kappa shape index (κ2) is 8.52. The molecule has 26 heavy (non-hydrogen) atoms. The van der Waals surface area contributed by atoms with Crippen LogP contribution in [-0.4, -0.2) is 18.9 Å². The molecule has 1 atom stereocenters. The molecule has 2 aromatic carbocycles. The highest BCUT2D eigenvalue weighted by Crippen LogP contribution is 2.21. The molecule has 0 aliphatic rings. The van der Waals surface area contributed by atoms with Crippen molar-refractivity contribution in [2.24, 2.45) is 5.41 Å². The first kappa shape index (κ1) is 19.5. The normalized spacial score (nSPS) is 12.2. The summed E-state index contributed by atoms with van der Waals surface area (Å²) in [6.45, 7) is 5.44. The van der Waals surface area contributed by atoms with Crippen LogP contribution in [0.15, 0.2) is 54.6 Å². The summed E-state index contributed by atoms with van der Waals surface area (Å²) in [4.78, 5) is 25.2. The highest BCUT2D eigenvalue weighted by Gasteiger charge is 2.36. The lowest BCUT2D eigenvalue weighted by molar-refractivity contribution is -0.141. The minimum Gasteiger partial charge on any atom is -0.496 e. The number of hydrogen-bond donors (Lipinski definition) is 2. The van der Waals surface area contributed by atoms with Gasteiger partial charge < -0.3 is 15.4 Å². The maximum absolute atomic E-state index is 12.6. The topological polar surface area (TPSA) is 67.4 Å². The molecule has 2 aromatic rings. The molecule has 138 valence electrons. The van der Waals surface area contributed by atoms with E-state index < -0.39 is 5.41 Å². The van der Waals surface area contributed by atoms with Crippen molar-refractivity contribution < 1.29 is 14.3 Å². The number of amides is 2. The van der Waals surface area contributed by atoms with E-state index in [0.717, 1.165) is 11.1 Å². The van der Waals surface area contributed by atoms with Crippen molar-refractivity contribution in [3.05, 3.63) is 65.7 Å². The molecule has 0 aliphatic carbocycles. The molecular weight excluding hydrogens is 328 g/mol. The summed E-state index contributed by atoms with van der Waals surface area (Å²) >= 11 is 0. The molecule has 5 heteroatoms. The maximum atomic E-state index is 12.6. The molecule has 2 N–H and O–H groups in total. The van der Waals surface area contributed by atoms with Gasteiger partial charge in [0.25, 0.3) is 0 Å². The molecule has 0 saturated heterocycles. The molecule has 0 bridgehead atoms. The maximum Gasteiger partial charge on any atom is 0.235 e. The van der Waals surface area contributed by atoms with E-state index in [2.05, 4.69) is 10.6 Å². The third-order valence-corrected chi connectivity index (χ3v) is 4.41. The Balaban J connectivity index is 1.99. The van der Waals surface area contributed by atoms with Crippen LogP contribution in [0.2, 0.25) is 0 Å². The van der Waals surface area contributed by atoms with Crippen molar-refractivity contribution in [1.82, 2.24) is 10.6 Å². The summed E-state index contributed by atoms with van der Waals surface area (Å²) in [5.74, 6) is 0.0558. The first-order valence-electron chi connectivity index (χ1n) is 8.62. The summed E-state index contributed by atoms with van der Waals surface area (Å²) in [6.07, 6.45) is 0. The van der Waals surface area contributed by atoms with Gasteiger partial charge in [-0.25, -0.2) is 0 Å². The monoisotopic (exact) mass is 354 g/mol. The number of benzene rings is 2. The second-order valence-corrected chi connectivity index (χ2v) is 6.73. The van der Waals surface area contributed by atoms with Gasteiger partial charge in [0.15, 0.2) is 0 Å². The Morgan fingerprint density at radius 3 is 2.27 bits per heavy atom. The zero-order valence-electron chi connectivity index (χ0n) is 15.7. The van der Waals surface area contributed by atoms with E-state index in [1.165, 1.54) is 0 Å². The van der Waals surface area contributed by atoms with Gasteiger partial charge >= 0.3 is 0 Å². The van der Waals surface area contributed by atoms with Gasteiger partial charge in [0.2, 0.25) is 11.8 Å². The van der Waals surface area contributed by atoms with Crippen molar-refractivity contribution >= 4 is 11.8 Å².